The lowest BCUT2D eigenvalue weighted by atomic mass is 9.95. The predicted molar refractivity (Wildman–Crippen MR) is 72.7 cm³/mol. The van der Waals surface area contributed by atoms with Gasteiger partial charge in [-0.2, -0.15) is 5.10 Å². The minimum Gasteiger partial charge on any atom is -0.476 e. The van der Waals surface area contributed by atoms with E-state index in [4.69, 9.17) is 10.8 Å². The standard InChI is InChI=1S/C13H18N4O4/c14-12(19)10-6-9(13(20)21)16-17(10)7-11(18)15-8-4-2-1-3-5-8/h6,8H,1-5,7H2,(H2,14,19)(H,15,18)(H,20,21). The Morgan fingerprint density at radius 1 is 1.33 bits per heavy atom. The van der Waals surface area contributed by atoms with Crippen LogP contribution in [0.5, 0.6) is 0 Å². The van der Waals surface area contributed by atoms with E-state index in [2.05, 4.69) is 10.4 Å². The van der Waals surface area contributed by atoms with Crippen LogP contribution in [0.3, 0.4) is 0 Å². The zero-order valence-corrected chi connectivity index (χ0v) is 11.5. The number of aromatic carboxylic acids is 1. The zero-order valence-electron chi connectivity index (χ0n) is 11.5. The van der Waals surface area contributed by atoms with Crippen molar-refractivity contribution >= 4 is 17.8 Å². The Kier molecular flexibility index (Phi) is 4.56. The Morgan fingerprint density at radius 3 is 2.57 bits per heavy atom. The maximum Gasteiger partial charge on any atom is 0.356 e. The maximum absolute atomic E-state index is 12.0. The Morgan fingerprint density at radius 2 is 2.00 bits per heavy atom. The summed E-state index contributed by atoms with van der Waals surface area (Å²) in [5.74, 6) is -2.39. The summed E-state index contributed by atoms with van der Waals surface area (Å²) >= 11 is 0. The van der Waals surface area contributed by atoms with Crippen LogP contribution in [0.25, 0.3) is 0 Å². The molecule has 0 spiro atoms. The second kappa shape index (κ2) is 6.38. The van der Waals surface area contributed by atoms with Crippen LogP contribution in [-0.4, -0.2) is 38.7 Å². The van der Waals surface area contributed by atoms with Gasteiger partial charge in [-0.25, -0.2) is 9.48 Å². The number of carbonyl (C=O) groups excluding carboxylic acids is 2. The molecule has 0 radical (unpaired) electrons. The molecule has 1 saturated carbocycles. The molecule has 1 aliphatic rings. The number of nitrogens with two attached hydrogens (primary N) is 1. The molecule has 21 heavy (non-hydrogen) atoms. The van der Waals surface area contributed by atoms with Gasteiger partial charge in [0.15, 0.2) is 5.69 Å². The summed E-state index contributed by atoms with van der Waals surface area (Å²) in [5.41, 5.74) is 4.76. The number of rotatable bonds is 5. The number of primary amides is 1. The molecule has 0 aromatic carbocycles. The van der Waals surface area contributed by atoms with Gasteiger partial charge in [-0.05, 0) is 12.8 Å². The number of hydrogen-bond donors (Lipinski definition) is 3. The summed E-state index contributed by atoms with van der Waals surface area (Å²) in [6.07, 6.45) is 5.23. The van der Waals surface area contributed by atoms with Gasteiger partial charge in [-0.3, -0.25) is 9.59 Å². The molecule has 0 bridgehead atoms. The second-order valence-corrected chi connectivity index (χ2v) is 5.14. The van der Waals surface area contributed by atoms with Gasteiger partial charge < -0.3 is 16.2 Å². The molecule has 1 heterocycles. The summed E-state index contributed by atoms with van der Waals surface area (Å²) in [6.45, 7) is -0.220. The molecule has 8 nitrogen and oxygen atoms in total. The lowest BCUT2D eigenvalue weighted by Gasteiger charge is -2.22. The fourth-order valence-corrected chi connectivity index (χ4v) is 2.50. The number of amides is 2. The zero-order chi connectivity index (χ0) is 15.4. The first-order chi connectivity index (χ1) is 9.97. The van der Waals surface area contributed by atoms with Crippen LogP contribution in [0.1, 0.15) is 53.1 Å². The van der Waals surface area contributed by atoms with Gasteiger partial charge in [0.1, 0.15) is 12.2 Å². The first-order valence-corrected chi connectivity index (χ1v) is 6.87. The molecule has 114 valence electrons. The maximum atomic E-state index is 12.0. The van der Waals surface area contributed by atoms with Crippen LogP contribution in [0.15, 0.2) is 6.07 Å². The van der Waals surface area contributed by atoms with E-state index in [1.807, 2.05) is 0 Å². The first-order valence-electron chi connectivity index (χ1n) is 6.87. The lowest BCUT2D eigenvalue weighted by Crippen LogP contribution is -2.38. The smallest absolute Gasteiger partial charge is 0.356 e. The van der Waals surface area contributed by atoms with Gasteiger partial charge in [0.2, 0.25) is 5.91 Å². The third-order valence-corrected chi connectivity index (χ3v) is 3.52. The Hall–Kier alpha value is -2.38. The van der Waals surface area contributed by atoms with E-state index < -0.39 is 11.9 Å². The molecular weight excluding hydrogens is 276 g/mol. The average Bonchev–Trinajstić information content (AvgIpc) is 2.84. The van der Waals surface area contributed by atoms with Crippen LogP contribution < -0.4 is 11.1 Å². The van der Waals surface area contributed by atoms with Crippen molar-refractivity contribution in [3.63, 3.8) is 0 Å². The molecule has 1 aromatic rings. The molecule has 2 rings (SSSR count). The number of nitrogens with one attached hydrogen (secondary N) is 1. The molecule has 0 saturated heterocycles. The third-order valence-electron chi connectivity index (χ3n) is 3.52. The van der Waals surface area contributed by atoms with Crippen LogP contribution in [-0.2, 0) is 11.3 Å². The predicted octanol–water partition coefficient (Wildman–Crippen LogP) is 0.129. The first kappa shape index (κ1) is 15.0. The fourth-order valence-electron chi connectivity index (χ4n) is 2.50. The van der Waals surface area contributed by atoms with E-state index in [1.54, 1.807) is 0 Å². The highest BCUT2D eigenvalue weighted by Gasteiger charge is 2.20. The van der Waals surface area contributed by atoms with Crippen molar-refractivity contribution in [2.45, 2.75) is 44.7 Å². The van der Waals surface area contributed by atoms with Gasteiger partial charge in [0.25, 0.3) is 5.91 Å². The van der Waals surface area contributed by atoms with Gasteiger partial charge >= 0.3 is 5.97 Å². The van der Waals surface area contributed by atoms with Crippen molar-refractivity contribution in [2.24, 2.45) is 5.73 Å². The number of carboxylic acid groups (broad SMARTS) is 1. The Balaban J connectivity index is 2.05. The number of carboxylic acids is 1. The summed E-state index contributed by atoms with van der Waals surface area (Å²) < 4.78 is 1.03. The summed E-state index contributed by atoms with van der Waals surface area (Å²) in [4.78, 5) is 34.1. The molecule has 8 heteroatoms. The molecule has 2 amide bonds. The number of nitrogens with zero attached hydrogens (tertiary/aromatic N) is 2. The van der Waals surface area contributed by atoms with Crippen LogP contribution in [0.2, 0.25) is 0 Å². The van der Waals surface area contributed by atoms with Gasteiger partial charge in [-0.15, -0.1) is 0 Å². The highest BCUT2D eigenvalue weighted by Crippen LogP contribution is 2.17. The van der Waals surface area contributed by atoms with Gasteiger partial charge in [0, 0.05) is 12.1 Å². The van der Waals surface area contributed by atoms with Gasteiger partial charge in [0.05, 0.1) is 0 Å². The molecule has 1 aromatic heterocycles. The van der Waals surface area contributed by atoms with Crippen molar-refractivity contribution in [3.05, 3.63) is 17.5 Å². The number of hydrogen-bond acceptors (Lipinski definition) is 4. The van der Waals surface area contributed by atoms with E-state index in [0.717, 1.165) is 36.4 Å². The van der Waals surface area contributed by atoms with E-state index in [-0.39, 0.29) is 29.9 Å². The van der Waals surface area contributed by atoms with Crippen LogP contribution in [0, 0.1) is 0 Å². The minimum atomic E-state index is -1.27. The quantitative estimate of drug-likeness (QED) is 0.711. The van der Waals surface area contributed by atoms with E-state index >= 15 is 0 Å². The monoisotopic (exact) mass is 294 g/mol. The molecule has 1 fully saturated rings. The van der Waals surface area contributed by atoms with Crippen LogP contribution in [0.4, 0.5) is 0 Å². The van der Waals surface area contributed by atoms with Gasteiger partial charge in [-0.1, -0.05) is 19.3 Å². The molecule has 0 unspecified atom stereocenters. The van der Waals surface area contributed by atoms with Crippen LogP contribution >= 0.6 is 0 Å². The van der Waals surface area contributed by atoms with E-state index in [9.17, 15) is 14.4 Å². The molecule has 4 N–H and O–H groups in total. The Labute approximate surface area is 121 Å². The Bertz CT molecular complexity index is 561. The largest absolute Gasteiger partial charge is 0.476 e. The highest BCUT2D eigenvalue weighted by atomic mass is 16.4. The topological polar surface area (TPSA) is 127 Å². The molecular formula is C13H18N4O4. The number of aromatic nitrogens is 2. The normalized spacial score (nSPS) is 15.6. The van der Waals surface area contributed by atoms with Crippen molar-refractivity contribution in [3.8, 4) is 0 Å². The molecule has 1 aliphatic carbocycles. The minimum absolute atomic E-state index is 0.0915. The number of carbonyl (C=O) groups is 3. The van der Waals surface area contributed by atoms with E-state index in [1.165, 1.54) is 6.42 Å². The van der Waals surface area contributed by atoms with Crippen molar-refractivity contribution in [1.82, 2.24) is 15.1 Å². The summed E-state index contributed by atoms with van der Waals surface area (Å²) in [6, 6.07) is 1.20. The average molecular weight is 294 g/mol. The molecule has 0 aliphatic heterocycles. The van der Waals surface area contributed by atoms with Crippen molar-refractivity contribution < 1.29 is 19.5 Å². The summed E-state index contributed by atoms with van der Waals surface area (Å²) in [7, 11) is 0. The van der Waals surface area contributed by atoms with Crippen molar-refractivity contribution in [1.29, 1.82) is 0 Å². The molecule has 0 atom stereocenters. The SMILES string of the molecule is NC(=O)c1cc(C(=O)O)nn1CC(=O)NC1CCCCC1. The highest BCUT2D eigenvalue weighted by molar-refractivity contribution is 5.95. The second-order valence-electron chi connectivity index (χ2n) is 5.14. The fraction of sp³-hybridized carbons (Fsp3) is 0.538. The van der Waals surface area contributed by atoms with E-state index in [0.29, 0.717) is 0 Å². The lowest BCUT2D eigenvalue weighted by molar-refractivity contribution is -0.122. The third kappa shape index (κ3) is 3.80. The summed E-state index contributed by atoms with van der Waals surface area (Å²) in [5, 5.41) is 15.5. The van der Waals surface area contributed by atoms with Crippen molar-refractivity contribution in [2.75, 3.05) is 0 Å².